The van der Waals surface area contributed by atoms with E-state index in [0.29, 0.717) is 12.6 Å². The summed E-state index contributed by atoms with van der Waals surface area (Å²) in [6, 6.07) is 8.37. The Morgan fingerprint density at radius 1 is 1.47 bits per heavy atom. The number of ether oxygens (including phenoxy) is 1. The molecule has 0 radical (unpaired) electrons. The van der Waals surface area contributed by atoms with Crippen LogP contribution in [0.5, 0.6) is 5.75 Å². The first-order chi connectivity index (χ1) is 8.24. The van der Waals surface area contributed by atoms with Crippen LogP contribution < -0.4 is 4.74 Å². The minimum Gasteiger partial charge on any atom is -0.497 e. The van der Waals surface area contributed by atoms with Crippen molar-refractivity contribution in [1.82, 2.24) is 4.90 Å². The molecule has 0 spiro atoms. The molecule has 0 amide bonds. The molecule has 0 bridgehead atoms. The zero-order valence-electron chi connectivity index (χ0n) is 10.6. The van der Waals surface area contributed by atoms with E-state index < -0.39 is 6.10 Å². The van der Waals surface area contributed by atoms with Crippen molar-refractivity contribution in [3.63, 3.8) is 0 Å². The Balaban J connectivity index is 1.99. The third-order valence-corrected chi connectivity index (χ3v) is 3.36. The molecule has 0 aliphatic heterocycles. The van der Waals surface area contributed by atoms with Gasteiger partial charge in [0.15, 0.2) is 0 Å². The summed E-state index contributed by atoms with van der Waals surface area (Å²) >= 11 is 0. The van der Waals surface area contributed by atoms with E-state index in [9.17, 15) is 5.11 Å². The number of aliphatic hydroxyl groups excluding tert-OH is 1. The van der Waals surface area contributed by atoms with E-state index in [1.54, 1.807) is 7.11 Å². The number of methoxy groups -OCH3 is 1. The average Bonchev–Trinajstić information content (AvgIpc) is 3.20. The molecule has 1 aromatic rings. The lowest BCUT2D eigenvalue weighted by Gasteiger charge is -2.23. The van der Waals surface area contributed by atoms with Crippen LogP contribution in [0.25, 0.3) is 0 Å². The minimum absolute atomic E-state index is 0.425. The largest absolute Gasteiger partial charge is 0.497 e. The molecule has 1 atom stereocenters. The maximum atomic E-state index is 10.2. The number of aliphatic hydroxyl groups is 1. The van der Waals surface area contributed by atoms with Crippen molar-refractivity contribution in [1.29, 1.82) is 0 Å². The summed E-state index contributed by atoms with van der Waals surface area (Å²) in [7, 11) is 1.65. The number of likely N-dealkylation sites (N-methyl/N-ethyl adjacent to an activating group) is 1. The van der Waals surface area contributed by atoms with Gasteiger partial charge in [0.25, 0.3) is 0 Å². The van der Waals surface area contributed by atoms with Gasteiger partial charge in [-0.05, 0) is 37.1 Å². The summed E-state index contributed by atoms with van der Waals surface area (Å²) in [6.45, 7) is 3.87. The van der Waals surface area contributed by atoms with Gasteiger partial charge in [-0.3, -0.25) is 4.90 Å². The summed E-state index contributed by atoms with van der Waals surface area (Å²) in [5.41, 5.74) is 0.934. The van der Waals surface area contributed by atoms with Crippen molar-refractivity contribution in [3.8, 4) is 5.75 Å². The Bertz CT molecular complexity index is 363. The van der Waals surface area contributed by atoms with E-state index >= 15 is 0 Å². The monoisotopic (exact) mass is 235 g/mol. The average molecular weight is 235 g/mol. The molecular formula is C14H21NO2. The Kier molecular flexibility index (Phi) is 4.02. The van der Waals surface area contributed by atoms with Crippen molar-refractivity contribution in [2.75, 3.05) is 20.2 Å². The Labute approximate surface area is 103 Å². The number of hydrogen-bond donors (Lipinski definition) is 1. The van der Waals surface area contributed by atoms with E-state index in [-0.39, 0.29) is 0 Å². The second kappa shape index (κ2) is 5.52. The molecule has 1 unspecified atom stereocenters. The van der Waals surface area contributed by atoms with Gasteiger partial charge in [-0.2, -0.15) is 0 Å². The van der Waals surface area contributed by atoms with Crippen LogP contribution >= 0.6 is 0 Å². The van der Waals surface area contributed by atoms with E-state index in [1.165, 1.54) is 12.8 Å². The van der Waals surface area contributed by atoms with Crippen molar-refractivity contribution < 1.29 is 9.84 Å². The van der Waals surface area contributed by atoms with E-state index in [4.69, 9.17) is 4.74 Å². The molecule has 3 heteroatoms. The summed E-state index contributed by atoms with van der Waals surface area (Å²) in [5.74, 6) is 0.802. The van der Waals surface area contributed by atoms with Crippen LogP contribution in [0.1, 0.15) is 31.4 Å². The van der Waals surface area contributed by atoms with Gasteiger partial charge < -0.3 is 9.84 Å². The zero-order chi connectivity index (χ0) is 12.3. The summed E-state index contributed by atoms with van der Waals surface area (Å²) in [6.07, 6.45) is 2.13. The first kappa shape index (κ1) is 12.4. The predicted octanol–water partition coefficient (Wildman–Crippen LogP) is 2.21. The predicted molar refractivity (Wildman–Crippen MR) is 68.2 cm³/mol. The van der Waals surface area contributed by atoms with Crippen molar-refractivity contribution in [2.24, 2.45) is 0 Å². The first-order valence-corrected chi connectivity index (χ1v) is 6.30. The van der Waals surface area contributed by atoms with Crippen molar-refractivity contribution >= 4 is 0 Å². The lowest BCUT2D eigenvalue weighted by atomic mass is 10.1. The highest BCUT2D eigenvalue weighted by molar-refractivity contribution is 5.29. The van der Waals surface area contributed by atoms with E-state index in [2.05, 4.69) is 11.8 Å². The SMILES string of the molecule is CCN(CC(O)c1cccc(OC)c1)C1CC1. The fourth-order valence-electron chi connectivity index (χ4n) is 2.15. The molecule has 17 heavy (non-hydrogen) atoms. The zero-order valence-corrected chi connectivity index (χ0v) is 10.6. The molecule has 0 saturated heterocycles. The van der Waals surface area contributed by atoms with Gasteiger partial charge in [-0.25, -0.2) is 0 Å². The fourth-order valence-corrected chi connectivity index (χ4v) is 2.15. The highest BCUT2D eigenvalue weighted by atomic mass is 16.5. The smallest absolute Gasteiger partial charge is 0.119 e. The topological polar surface area (TPSA) is 32.7 Å². The Hall–Kier alpha value is -1.06. The maximum Gasteiger partial charge on any atom is 0.119 e. The van der Waals surface area contributed by atoms with Gasteiger partial charge >= 0.3 is 0 Å². The summed E-state index contributed by atoms with van der Waals surface area (Å²) in [4.78, 5) is 2.35. The van der Waals surface area contributed by atoms with Gasteiger partial charge in [0.1, 0.15) is 5.75 Å². The molecule has 1 aromatic carbocycles. The highest BCUT2D eigenvalue weighted by Crippen LogP contribution is 2.29. The molecule has 1 fully saturated rings. The van der Waals surface area contributed by atoms with Crippen LogP contribution in [-0.2, 0) is 0 Å². The van der Waals surface area contributed by atoms with Crippen LogP contribution in [0.4, 0.5) is 0 Å². The van der Waals surface area contributed by atoms with Gasteiger partial charge in [0, 0.05) is 12.6 Å². The lowest BCUT2D eigenvalue weighted by Crippen LogP contribution is -2.30. The summed E-state index contributed by atoms with van der Waals surface area (Å²) in [5, 5.41) is 10.2. The highest BCUT2D eigenvalue weighted by Gasteiger charge is 2.29. The molecule has 94 valence electrons. The normalized spacial score (nSPS) is 17.2. The number of rotatable bonds is 6. The van der Waals surface area contributed by atoms with Crippen molar-refractivity contribution in [2.45, 2.75) is 31.9 Å². The fraction of sp³-hybridized carbons (Fsp3) is 0.571. The van der Waals surface area contributed by atoms with Crippen LogP contribution in [0.3, 0.4) is 0 Å². The standard InChI is InChI=1S/C14H21NO2/c1-3-15(12-7-8-12)10-14(16)11-5-4-6-13(9-11)17-2/h4-6,9,12,14,16H,3,7-8,10H2,1-2H3. The van der Waals surface area contributed by atoms with Gasteiger partial charge in [0.2, 0.25) is 0 Å². The van der Waals surface area contributed by atoms with E-state index in [1.807, 2.05) is 24.3 Å². The number of hydrogen-bond acceptors (Lipinski definition) is 3. The maximum absolute atomic E-state index is 10.2. The molecular weight excluding hydrogens is 214 g/mol. The van der Waals surface area contributed by atoms with Gasteiger partial charge in [0.05, 0.1) is 13.2 Å². The van der Waals surface area contributed by atoms with Crippen LogP contribution in [0.15, 0.2) is 24.3 Å². The van der Waals surface area contributed by atoms with E-state index in [0.717, 1.165) is 17.9 Å². The molecule has 0 aromatic heterocycles. The van der Waals surface area contributed by atoms with Crippen LogP contribution in [-0.4, -0.2) is 36.2 Å². The minimum atomic E-state index is -0.425. The van der Waals surface area contributed by atoms with Crippen LogP contribution in [0.2, 0.25) is 0 Å². The number of nitrogens with zero attached hydrogens (tertiary/aromatic N) is 1. The second-order valence-corrected chi connectivity index (χ2v) is 4.61. The third kappa shape index (κ3) is 3.20. The summed E-state index contributed by atoms with van der Waals surface area (Å²) < 4.78 is 5.17. The Morgan fingerprint density at radius 2 is 2.24 bits per heavy atom. The van der Waals surface area contributed by atoms with Gasteiger partial charge in [-0.15, -0.1) is 0 Å². The second-order valence-electron chi connectivity index (χ2n) is 4.61. The molecule has 2 rings (SSSR count). The number of benzene rings is 1. The quantitative estimate of drug-likeness (QED) is 0.820. The molecule has 1 aliphatic rings. The molecule has 1 aliphatic carbocycles. The Morgan fingerprint density at radius 3 is 2.82 bits per heavy atom. The lowest BCUT2D eigenvalue weighted by molar-refractivity contribution is 0.111. The molecule has 3 nitrogen and oxygen atoms in total. The molecule has 1 N–H and O–H groups in total. The first-order valence-electron chi connectivity index (χ1n) is 6.30. The molecule has 0 heterocycles. The van der Waals surface area contributed by atoms with Crippen LogP contribution in [0, 0.1) is 0 Å². The molecule has 1 saturated carbocycles. The van der Waals surface area contributed by atoms with Crippen molar-refractivity contribution in [3.05, 3.63) is 29.8 Å². The van der Waals surface area contributed by atoms with Gasteiger partial charge in [-0.1, -0.05) is 19.1 Å². The third-order valence-electron chi connectivity index (χ3n) is 3.36.